The van der Waals surface area contributed by atoms with Gasteiger partial charge in [-0.25, -0.2) is 5.32 Å². The molecule has 2 heterocycles. The summed E-state index contributed by atoms with van der Waals surface area (Å²) in [6, 6.07) is 27.8. The van der Waals surface area contributed by atoms with E-state index in [0.717, 1.165) is 0 Å². The average molecular weight is 794 g/mol. The summed E-state index contributed by atoms with van der Waals surface area (Å²) >= 11 is 0. The van der Waals surface area contributed by atoms with Gasteiger partial charge in [-0.15, -0.1) is 0 Å². The first-order chi connectivity index (χ1) is 28.0. The van der Waals surface area contributed by atoms with Crippen LogP contribution in [0.25, 0.3) is 0 Å². The summed E-state index contributed by atoms with van der Waals surface area (Å²) < 4.78 is 0. The molecule has 59 heavy (non-hydrogen) atoms. The van der Waals surface area contributed by atoms with Crippen molar-refractivity contribution in [3.63, 3.8) is 0 Å². The Morgan fingerprint density at radius 1 is 0.288 bits per heavy atom. The van der Waals surface area contributed by atoms with Crippen LogP contribution in [0.2, 0.25) is 0 Å². The quantitative estimate of drug-likeness (QED) is 0.137. The number of anilines is 4. The van der Waals surface area contributed by atoms with Gasteiger partial charge in [0.05, 0.1) is 22.7 Å². The molecule has 0 fully saturated rings. The highest BCUT2D eigenvalue weighted by Gasteiger charge is 2.42. The van der Waals surface area contributed by atoms with Crippen LogP contribution in [-0.4, -0.2) is 12.6 Å². The van der Waals surface area contributed by atoms with Gasteiger partial charge in [0.15, 0.2) is 12.6 Å². The van der Waals surface area contributed by atoms with Crippen molar-refractivity contribution in [2.45, 2.75) is 171 Å². The number of rotatable bonds is 14. The summed E-state index contributed by atoms with van der Waals surface area (Å²) in [5, 5.41) is 4.48. The molecular formula is C54H75N5. The Balaban J connectivity index is 1.68. The van der Waals surface area contributed by atoms with Crippen LogP contribution in [0, 0.1) is 0 Å². The van der Waals surface area contributed by atoms with Gasteiger partial charge < -0.3 is 19.6 Å². The van der Waals surface area contributed by atoms with Gasteiger partial charge in [0.1, 0.15) is 0 Å². The van der Waals surface area contributed by atoms with Crippen LogP contribution in [0.1, 0.15) is 203 Å². The minimum atomic E-state index is -0.248. The van der Waals surface area contributed by atoms with Crippen molar-refractivity contribution in [1.82, 2.24) is 5.32 Å². The number of hydrogen-bond donors (Lipinski definition) is 1. The second-order valence-electron chi connectivity index (χ2n) is 19.5. The molecule has 5 heteroatoms. The van der Waals surface area contributed by atoms with Crippen LogP contribution in [0.4, 0.5) is 22.7 Å². The molecule has 0 radical (unpaired) electrons. The van der Waals surface area contributed by atoms with Crippen molar-refractivity contribution in [2.24, 2.45) is 0 Å². The molecule has 1 N–H and O–H groups in total. The highest BCUT2D eigenvalue weighted by Crippen LogP contribution is 2.46. The molecule has 0 saturated heterocycles. The summed E-state index contributed by atoms with van der Waals surface area (Å²) in [5.41, 5.74) is 16.2. The molecule has 316 valence electrons. The van der Waals surface area contributed by atoms with Crippen LogP contribution in [0.5, 0.6) is 0 Å². The highest BCUT2D eigenvalue weighted by atomic mass is 15.6. The third-order valence-electron chi connectivity index (χ3n) is 12.5. The molecule has 0 aromatic heterocycles. The summed E-state index contributed by atoms with van der Waals surface area (Å²) in [6.45, 7) is 37.4. The lowest BCUT2D eigenvalue weighted by molar-refractivity contribution is 0.445. The van der Waals surface area contributed by atoms with E-state index in [1.54, 1.807) is 0 Å². The van der Waals surface area contributed by atoms with Crippen LogP contribution >= 0.6 is 0 Å². The van der Waals surface area contributed by atoms with Crippen LogP contribution in [0.3, 0.4) is 0 Å². The molecule has 0 spiro atoms. The lowest BCUT2D eigenvalue weighted by Crippen LogP contribution is -2.62. The maximum atomic E-state index is 4.48. The average Bonchev–Trinajstić information content (AvgIpc) is 3.80. The molecule has 0 aliphatic carbocycles. The Morgan fingerprint density at radius 3 is 0.576 bits per heavy atom. The predicted molar refractivity (Wildman–Crippen MR) is 257 cm³/mol. The molecule has 6 rings (SSSR count). The molecule has 0 atom stereocenters. The summed E-state index contributed by atoms with van der Waals surface area (Å²) in [7, 11) is 0. The number of nitrogens with one attached hydrogen (secondary N) is 1. The van der Waals surface area contributed by atoms with Gasteiger partial charge in [-0.05, 0) is 91.9 Å². The number of para-hydroxylation sites is 4. The Hall–Kier alpha value is -4.48. The van der Waals surface area contributed by atoms with E-state index in [0.29, 0.717) is 47.3 Å². The molecule has 0 amide bonds. The smallest absolute Gasteiger partial charge is 0.168 e. The van der Waals surface area contributed by atoms with E-state index in [1.807, 2.05) is 0 Å². The van der Waals surface area contributed by atoms with Crippen molar-refractivity contribution in [3.05, 3.63) is 142 Å². The molecule has 5 nitrogen and oxygen atoms in total. The first kappa shape index (κ1) is 44.1. The van der Waals surface area contributed by atoms with Gasteiger partial charge in [-0.2, -0.15) is 0 Å². The molecule has 0 unspecified atom stereocenters. The first-order valence-corrected chi connectivity index (χ1v) is 22.7. The monoisotopic (exact) mass is 794 g/mol. The van der Waals surface area contributed by atoms with Crippen molar-refractivity contribution < 1.29 is 0 Å². The highest BCUT2D eigenvalue weighted by molar-refractivity contribution is 5.75. The Kier molecular flexibility index (Phi) is 13.5. The Morgan fingerprint density at radius 2 is 0.441 bits per heavy atom. The fraction of sp³-hybridized carbons (Fsp3) is 0.481. The second-order valence-corrected chi connectivity index (χ2v) is 19.5. The van der Waals surface area contributed by atoms with E-state index in [-0.39, 0.29) is 12.6 Å². The topological polar surface area (TPSA) is 25.0 Å². The van der Waals surface area contributed by atoms with Crippen LogP contribution < -0.4 is 24.9 Å². The van der Waals surface area contributed by atoms with Gasteiger partial charge in [0.2, 0.25) is 0 Å². The lowest BCUT2D eigenvalue weighted by Gasteiger charge is -2.44. The van der Waals surface area contributed by atoms with Gasteiger partial charge in [0.25, 0.3) is 0 Å². The van der Waals surface area contributed by atoms with E-state index >= 15 is 0 Å². The predicted octanol–water partition coefficient (Wildman–Crippen LogP) is 15.1. The zero-order chi connectivity index (χ0) is 43.0. The maximum Gasteiger partial charge on any atom is 0.168 e. The zero-order valence-corrected chi connectivity index (χ0v) is 39.3. The van der Waals surface area contributed by atoms with Gasteiger partial charge in [-0.1, -0.05) is 184 Å². The summed E-state index contributed by atoms with van der Waals surface area (Å²) in [6.07, 6.45) is 8.92. The van der Waals surface area contributed by atoms with E-state index in [1.165, 1.54) is 67.3 Å². The largest absolute Gasteiger partial charge is 0.312 e. The Labute approximate surface area is 359 Å². The molecule has 2 aliphatic rings. The Bertz CT molecular complexity index is 1730. The van der Waals surface area contributed by atoms with Crippen LogP contribution in [-0.2, 0) is 0 Å². The molecule has 2 aliphatic heterocycles. The van der Waals surface area contributed by atoms with E-state index in [9.17, 15) is 0 Å². The SMILES string of the molecule is CC(C)c1cccc(C(C)C)c1N1C=CN(c2c(C(C)C)cccc2C(C)C)C1NC1N(c2c(C(C)C)cccc2C(C)C)C=CN1c1c(C(C)C)cccc1C(C)C. The van der Waals surface area contributed by atoms with E-state index in [2.05, 4.69) is 233 Å². The fourth-order valence-electron chi connectivity index (χ4n) is 9.36. The number of hydrogen-bond acceptors (Lipinski definition) is 5. The minimum Gasteiger partial charge on any atom is -0.312 e. The van der Waals surface area contributed by atoms with Crippen molar-refractivity contribution in [1.29, 1.82) is 0 Å². The second kappa shape index (κ2) is 18.0. The molecule has 4 aromatic carbocycles. The number of benzene rings is 4. The molecule has 0 bridgehead atoms. The lowest BCUT2D eigenvalue weighted by atomic mass is 9.91. The maximum absolute atomic E-state index is 4.48. The third-order valence-corrected chi connectivity index (χ3v) is 12.5. The third kappa shape index (κ3) is 8.47. The number of nitrogens with zero attached hydrogens (tertiary/aromatic N) is 4. The fourth-order valence-corrected chi connectivity index (χ4v) is 9.36. The zero-order valence-electron chi connectivity index (χ0n) is 39.3. The van der Waals surface area contributed by atoms with Crippen molar-refractivity contribution >= 4 is 22.7 Å². The molecular weight excluding hydrogens is 719 g/mol. The standard InChI is InChI=1S/C54H75N5/c1-33(2)41-21-17-22-42(34(3)4)49(41)56-29-30-57(50-43(35(5)6)23-18-24-44(50)36(7)8)53(56)55-54-58(51-45(37(9)10)25-19-26-46(51)38(11)12)31-32-59(54)52-47(39(13)14)27-20-28-48(52)40(15)16/h17-40,53-55H,1-16H3. The molecule has 4 aromatic rings. The van der Waals surface area contributed by atoms with Crippen molar-refractivity contribution in [2.75, 3.05) is 19.6 Å². The van der Waals surface area contributed by atoms with Crippen molar-refractivity contribution in [3.8, 4) is 0 Å². The van der Waals surface area contributed by atoms with Crippen LogP contribution in [0.15, 0.2) is 97.6 Å². The normalized spacial score (nSPS) is 15.3. The summed E-state index contributed by atoms with van der Waals surface area (Å²) in [5.74, 6) is 2.78. The van der Waals surface area contributed by atoms with Gasteiger partial charge in [0, 0.05) is 24.8 Å². The van der Waals surface area contributed by atoms with E-state index in [4.69, 9.17) is 0 Å². The summed E-state index contributed by atoms with van der Waals surface area (Å²) in [4.78, 5) is 10.3. The first-order valence-electron chi connectivity index (χ1n) is 22.7. The van der Waals surface area contributed by atoms with E-state index < -0.39 is 0 Å². The molecule has 0 saturated carbocycles. The van der Waals surface area contributed by atoms with Gasteiger partial charge >= 0.3 is 0 Å². The van der Waals surface area contributed by atoms with Gasteiger partial charge in [-0.3, -0.25) is 0 Å². The minimum absolute atomic E-state index is 0.248.